The van der Waals surface area contributed by atoms with Crippen LogP contribution < -0.4 is 0 Å². The Morgan fingerprint density at radius 1 is 0.943 bits per heavy atom. The predicted molar refractivity (Wildman–Crippen MR) is 200 cm³/mol. The van der Waals surface area contributed by atoms with Gasteiger partial charge in [0.25, 0.3) is 0 Å². The van der Waals surface area contributed by atoms with E-state index in [0.29, 0.717) is 19.4 Å². The summed E-state index contributed by atoms with van der Waals surface area (Å²) in [7, 11) is 8.71. The molecule has 13 heteroatoms. The summed E-state index contributed by atoms with van der Waals surface area (Å²) in [5.74, 6) is -2.28. The SMILES string of the molecule is CO[C@]1(C)C[C@H](O[C@H]2[C@H](C)[C@@H](O[C@@H]3O[C@H](C)C[C@H](N(C)C)[C@H]3O)[C@](C)(O)C[C@@H](C)CN(C)C(=O)[C@@H](Cc3ccccc3)N(C)C(=O)[C@@H]2C)O[C@@H](C)[C@@H]1O. The number of likely N-dealkylation sites (N-methyl/N-ethyl adjacent to an activating group) is 3. The van der Waals surface area contributed by atoms with E-state index in [1.807, 2.05) is 70.1 Å². The van der Waals surface area contributed by atoms with Gasteiger partial charge in [-0.1, -0.05) is 51.1 Å². The molecular formula is C40H67N3O10. The van der Waals surface area contributed by atoms with Crippen LogP contribution in [0.5, 0.6) is 0 Å². The molecule has 4 rings (SSSR count). The van der Waals surface area contributed by atoms with Crippen molar-refractivity contribution in [3.63, 3.8) is 0 Å². The normalized spacial score (nSPS) is 42.6. The Labute approximate surface area is 316 Å². The van der Waals surface area contributed by atoms with Crippen LogP contribution >= 0.6 is 0 Å². The zero-order chi connectivity index (χ0) is 39.6. The highest BCUT2D eigenvalue weighted by Crippen LogP contribution is 2.39. The lowest BCUT2D eigenvalue weighted by Gasteiger charge is -2.49. The summed E-state index contributed by atoms with van der Waals surface area (Å²) >= 11 is 0. The number of benzene rings is 1. The van der Waals surface area contributed by atoms with Crippen molar-refractivity contribution in [1.82, 2.24) is 14.7 Å². The number of hydrogen-bond donors (Lipinski definition) is 3. The van der Waals surface area contributed by atoms with E-state index in [0.717, 1.165) is 5.56 Å². The Morgan fingerprint density at radius 3 is 2.19 bits per heavy atom. The highest BCUT2D eigenvalue weighted by atomic mass is 16.7. The first-order valence-corrected chi connectivity index (χ1v) is 19.2. The van der Waals surface area contributed by atoms with Crippen LogP contribution in [0.15, 0.2) is 30.3 Å². The lowest BCUT2D eigenvalue weighted by atomic mass is 9.77. The first-order valence-electron chi connectivity index (χ1n) is 19.2. The molecule has 0 bridgehead atoms. The average molecular weight is 750 g/mol. The zero-order valence-corrected chi connectivity index (χ0v) is 34.0. The standard InChI is InChI=1S/C40H67N3O10/c1-23-20-39(6,48)35(53-38-32(44)29(41(8)9)18-24(2)50-38)25(3)33(52-31-21-40(7,49-12)34(45)27(5)51-31)26(4)36(46)43(11)30(37(47)42(10)22-23)19-28-16-14-13-15-17-28/h13-17,23-27,29-35,38,44-45,48H,18-22H2,1-12H3/t23-,24-,25+,26-,27+,29+,30-,31+,32-,33+,34+,35-,38+,39-,40-/m1/s1. The topological polar surface area (TPSA) is 151 Å². The number of hydrogen-bond acceptors (Lipinski definition) is 11. The molecule has 1 aromatic carbocycles. The zero-order valence-electron chi connectivity index (χ0n) is 34.0. The van der Waals surface area contributed by atoms with Gasteiger partial charge in [0.1, 0.15) is 18.2 Å². The van der Waals surface area contributed by atoms with E-state index >= 15 is 0 Å². The summed E-state index contributed by atoms with van der Waals surface area (Å²) in [6, 6.07) is 8.56. The summed E-state index contributed by atoms with van der Waals surface area (Å²) in [6.07, 6.45) is -5.44. The monoisotopic (exact) mass is 749 g/mol. The van der Waals surface area contributed by atoms with Crippen molar-refractivity contribution in [3.8, 4) is 0 Å². The molecule has 0 unspecified atom stereocenters. The number of methoxy groups -OCH3 is 1. The predicted octanol–water partition coefficient (Wildman–Crippen LogP) is 2.67. The highest BCUT2D eigenvalue weighted by Gasteiger charge is 2.52. The van der Waals surface area contributed by atoms with Crippen LogP contribution in [-0.4, -0.2) is 156 Å². The Kier molecular flexibility index (Phi) is 14.6. The fourth-order valence-corrected chi connectivity index (χ4v) is 8.82. The van der Waals surface area contributed by atoms with Crippen LogP contribution in [0, 0.1) is 17.8 Å². The smallest absolute Gasteiger partial charge is 0.245 e. The lowest BCUT2D eigenvalue weighted by molar-refractivity contribution is -0.317. The number of aliphatic hydroxyl groups excluding tert-OH is 2. The Hall–Kier alpha value is -2.20. The molecule has 3 saturated heterocycles. The van der Waals surface area contributed by atoms with Gasteiger partial charge in [-0.2, -0.15) is 0 Å². The van der Waals surface area contributed by atoms with E-state index in [1.165, 1.54) is 12.0 Å². The first kappa shape index (κ1) is 43.5. The van der Waals surface area contributed by atoms with Crippen molar-refractivity contribution in [2.24, 2.45) is 17.8 Å². The second-order valence-corrected chi connectivity index (χ2v) is 16.9. The Morgan fingerprint density at radius 2 is 1.58 bits per heavy atom. The molecule has 15 atom stereocenters. The minimum Gasteiger partial charge on any atom is -0.387 e. The molecule has 3 fully saturated rings. The van der Waals surface area contributed by atoms with Crippen molar-refractivity contribution < 1.29 is 48.6 Å². The molecule has 3 aliphatic rings. The van der Waals surface area contributed by atoms with E-state index in [9.17, 15) is 24.9 Å². The van der Waals surface area contributed by atoms with Gasteiger partial charge in [-0.05, 0) is 66.1 Å². The van der Waals surface area contributed by atoms with Gasteiger partial charge in [-0.3, -0.25) is 9.59 Å². The quantitative estimate of drug-likeness (QED) is 0.360. The van der Waals surface area contributed by atoms with Crippen molar-refractivity contribution in [2.45, 2.75) is 147 Å². The fraction of sp³-hybridized carbons (Fsp3) is 0.800. The van der Waals surface area contributed by atoms with Crippen molar-refractivity contribution in [2.75, 3.05) is 41.8 Å². The molecule has 3 N–H and O–H groups in total. The molecular weight excluding hydrogens is 682 g/mol. The number of carbonyl (C=O) groups excluding carboxylic acids is 2. The number of amides is 2. The second-order valence-electron chi connectivity index (χ2n) is 16.9. The Bertz CT molecular complexity index is 1350. The van der Waals surface area contributed by atoms with Crippen LogP contribution in [0.4, 0.5) is 0 Å². The first-order chi connectivity index (χ1) is 24.7. The van der Waals surface area contributed by atoms with Gasteiger partial charge in [0.2, 0.25) is 11.8 Å². The fourth-order valence-electron chi connectivity index (χ4n) is 8.82. The summed E-state index contributed by atoms with van der Waals surface area (Å²) < 4.78 is 31.7. The summed E-state index contributed by atoms with van der Waals surface area (Å²) in [5.41, 5.74) is -1.61. The molecule has 0 aromatic heterocycles. The van der Waals surface area contributed by atoms with Gasteiger partial charge in [0.05, 0.1) is 41.5 Å². The number of nitrogens with zero attached hydrogens (tertiary/aromatic N) is 3. The maximum Gasteiger partial charge on any atom is 0.245 e. The van der Waals surface area contributed by atoms with Crippen molar-refractivity contribution >= 4 is 11.8 Å². The number of ether oxygens (including phenoxy) is 5. The molecule has 0 spiro atoms. The van der Waals surface area contributed by atoms with E-state index in [-0.39, 0.29) is 42.7 Å². The Balaban J connectivity index is 1.82. The van der Waals surface area contributed by atoms with Crippen LogP contribution in [0.3, 0.4) is 0 Å². The largest absolute Gasteiger partial charge is 0.387 e. The maximum absolute atomic E-state index is 14.7. The van der Waals surface area contributed by atoms with Gasteiger partial charge < -0.3 is 53.7 Å². The van der Waals surface area contributed by atoms with E-state index in [4.69, 9.17) is 23.7 Å². The third-order valence-electron chi connectivity index (χ3n) is 11.9. The summed E-state index contributed by atoms with van der Waals surface area (Å²) in [5, 5.41) is 35.0. The molecule has 3 aliphatic heterocycles. The summed E-state index contributed by atoms with van der Waals surface area (Å²) in [6.45, 7) is 13.1. The summed E-state index contributed by atoms with van der Waals surface area (Å²) in [4.78, 5) is 34.1. The lowest BCUT2D eigenvalue weighted by Crippen LogP contribution is -2.60. The van der Waals surface area contributed by atoms with Crippen LogP contribution in [-0.2, 0) is 39.7 Å². The van der Waals surface area contributed by atoms with Crippen LogP contribution in [0.2, 0.25) is 0 Å². The van der Waals surface area contributed by atoms with Gasteiger partial charge in [0, 0.05) is 52.6 Å². The third kappa shape index (κ3) is 9.98. The molecule has 0 aliphatic carbocycles. The van der Waals surface area contributed by atoms with Gasteiger partial charge in [-0.15, -0.1) is 0 Å². The second kappa shape index (κ2) is 17.7. The molecule has 302 valence electrons. The maximum atomic E-state index is 14.7. The molecule has 3 heterocycles. The van der Waals surface area contributed by atoms with E-state index in [2.05, 4.69) is 0 Å². The minimum atomic E-state index is -1.54. The van der Waals surface area contributed by atoms with Gasteiger partial charge in [-0.25, -0.2) is 0 Å². The van der Waals surface area contributed by atoms with Crippen LogP contribution in [0.1, 0.15) is 73.3 Å². The van der Waals surface area contributed by atoms with Crippen LogP contribution in [0.25, 0.3) is 0 Å². The van der Waals surface area contributed by atoms with Crippen molar-refractivity contribution in [3.05, 3.63) is 35.9 Å². The average Bonchev–Trinajstić information content (AvgIpc) is 3.10. The number of rotatable bonds is 8. The number of aliphatic hydroxyl groups is 3. The van der Waals surface area contributed by atoms with Gasteiger partial charge in [0.15, 0.2) is 12.6 Å². The van der Waals surface area contributed by atoms with Gasteiger partial charge >= 0.3 is 0 Å². The minimum absolute atomic E-state index is 0.167. The molecule has 2 amide bonds. The highest BCUT2D eigenvalue weighted by molar-refractivity contribution is 5.88. The third-order valence-corrected chi connectivity index (χ3v) is 11.9. The molecule has 13 nitrogen and oxygen atoms in total. The number of carbonyl (C=O) groups is 2. The van der Waals surface area contributed by atoms with E-state index in [1.54, 1.807) is 46.7 Å². The molecule has 1 aromatic rings. The molecule has 0 saturated carbocycles. The van der Waals surface area contributed by atoms with Crippen molar-refractivity contribution in [1.29, 1.82) is 0 Å². The molecule has 53 heavy (non-hydrogen) atoms. The molecule has 0 radical (unpaired) electrons. The van der Waals surface area contributed by atoms with E-state index < -0.39 is 72.2 Å².